The number of alkyl halides is 3. The van der Waals surface area contributed by atoms with Crippen LogP contribution in [0.3, 0.4) is 0 Å². The number of fused-ring (bicyclic) bond motifs is 2. The second-order valence-corrected chi connectivity index (χ2v) is 7.14. The van der Waals surface area contributed by atoms with Crippen LogP contribution in [0.25, 0.3) is 10.9 Å². The summed E-state index contributed by atoms with van der Waals surface area (Å²) in [6, 6.07) is 7.15. The number of carbonyl (C=O) groups is 1. The number of halogens is 3. The summed E-state index contributed by atoms with van der Waals surface area (Å²) in [5.74, 6) is -0.741. The van der Waals surface area contributed by atoms with Crippen molar-refractivity contribution in [2.75, 3.05) is 6.54 Å². The van der Waals surface area contributed by atoms with E-state index in [1.165, 1.54) is 4.90 Å². The summed E-state index contributed by atoms with van der Waals surface area (Å²) in [7, 11) is 0. The number of hydrogen-bond donors (Lipinski definition) is 2. The lowest BCUT2D eigenvalue weighted by Crippen LogP contribution is -2.42. The Morgan fingerprint density at radius 1 is 1.36 bits per heavy atom. The smallest absolute Gasteiger partial charge is 0.375 e. The summed E-state index contributed by atoms with van der Waals surface area (Å²) in [5.41, 5.74) is -2.56. The maximum Gasteiger partial charge on any atom is 0.422 e. The average Bonchev–Trinajstić information content (AvgIpc) is 3.24. The first-order valence-electron chi connectivity index (χ1n) is 8.61. The zero-order valence-corrected chi connectivity index (χ0v) is 15.0. The van der Waals surface area contributed by atoms with Gasteiger partial charge in [0, 0.05) is 23.4 Å². The largest absolute Gasteiger partial charge is 0.422 e. The fourth-order valence-electron chi connectivity index (χ4n) is 3.53. The second-order valence-electron chi connectivity index (χ2n) is 7.14. The van der Waals surface area contributed by atoms with Gasteiger partial charge in [-0.1, -0.05) is 30.3 Å². The number of nitrogens with one attached hydrogen (secondary N) is 1. The zero-order chi connectivity index (χ0) is 20.3. The van der Waals surface area contributed by atoms with Gasteiger partial charge in [0.1, 0.15) is 5.69 Å². The number of nitrogens with zero attached hydrogens (tertiary/aromatic N) is 3. The number of H-pyrrole nitrogens is 1. The number of rotatable bonds is 2. The lowest BCUT2D eigenvalue weighted by Gasteiger charge is -2.32. The van der Waals surface area contributed by atoms with Gasteiger partial charge in [-0.2, -0.15) is 18.3 Å². The normalized spacial score (nSPS) is 19.5. The third-order valence-electron chi connectivity index (χ3n) is 5.10. The van der Waals surface area contributed by atoms with Crippen LogP contribution in [0.2, 0.25) is 0 Å². The van der Waals surface area contributed by atoms with E-state index in [1.54, 1.807) is 25.1 Å². The van der Waals surface area contributed by atoms with E-state index in [9.17, 15) is 23.1 Å². The monoisotopic (exact) mass is 394 g/mol. The molecule has 0 radical (unpaired) electrons. The molecule has 2 N–H and O–H groups in total. The number of aromatic nitrogens is 3. The summed E-state index contributed by atoms with van der Waals surface area (Å²) in [6.07, 6.45) is -4.90. The van der Waals surface area contributed by atoms with Gasteiger partial charge in [0.05, 0.1) is 12.1 Å². The van der Waals surface area contributed by atoms with Crippen molar-refractivity contribution < 1.29 is 27.6 Å². The Hall–Kier alpha value is -2.88. The predicted octanol–water partition coefficient (Wildman–Crippen LogP) is 3.08. The van der Waals surface area contributed by atoms with E-state index < -0.39 is 23.4 Å². The van der Waals surface area contributed by atoms with Crippen LogP contribution in [-0.2, 0) is 12.1 Å². The molecular formula is C18H17F3N4O3. The molecule has 7 nitrogen and oxygen atoms in total. The van der Waals surface area contributed by atoms with Crippen LogP contribution < -0.4 is 0 Å². The fourth-order valence-corrected chi connectivity index (χ4v) is 3.53. The van der Waals surface area contributed by atoms with Crippen molar-refractivity contribution in [2.45, 2.75) is 38.1 Å². The fraction of sp³-hybridized carbons (Fsp3) is 0.389. The predicted molar refractivity (Wildman–Crippen MR) is 91.4 cm³/mol. The maximum atomic E-state index is 13.2. The molecule has 1 aliphatic rings. The number of carbonyl (C=O) groups excluding carboxylic acids is 1. The molecule has 0 aliphatic carbocycles. The Kier molecular flexibility index (Phi) is 4.00. The van der Waals surface area contributed by atoms with Gasteiger partial charge in [0.2, 0.25) is 5.60 Å². The van der Waals surface area contributed by atoms with Gasteiger partial charge < -0.3 is 14.5 Å². The highest BCUT2D eigenvalue weighted by Gasteiger charge is 2.55. The van der Waals surface area contributed by atoms with Crippen molar-refractivity contribution in [1.82, 2.24) is 20.3 Å². The molecule has 0 saturated carbocycles. The number of benzene rings is 1. The van der Waals surface area contributed by atoms with Crippen LogP contribution in [-0.4, -0.2) is 44.0 Å². The lowest BCUT2D eigenvalue weighted by molar-refractivity contribution is -0.261. The molecule has 2 atom stereocenters. The first-order chi connectivity index (χ1) is 13.1. The Morgan fingerprint density at radius 3 is 2.79 bits per heavy atom. The van der Waals surface area contributed by atoms with Crippen LogP contribution in [0.4, 0.5) is 13.2 Å². The van der Waals surface area contributed by atoms with Crippen molar-refractivity contribution in [3.8, 4) is 0 Å². The third-order valence-corrected chi connectivity index (χ3v) is 5.10. The highest BCUT2D eigenvalue weighted by Crippen LogP contribution is 2.43. The maximum absolute atomic E-state index is 13.2. The van der Waals surface area contributed by atoms with E-state index in [0.717, 1.165) is 0 Å². The quantitative estimate of drug-likeness (QED) is 0.697. The summed E-state index contributed by atoms with van der Waals surface area (Å²) in [5, 5.41) is 21.0. The molecule has 1 aromatic carbocycles. The minimum absolute atomic E-state index is 0.0549. The van der Waals surface area contributed by atoms with Crippen molar-refractivity contribution in [2.24, 2.45) is 0 Å². The van der Waals surface area contributed by atoms with Crippen molar-refractivity contribution in [3.05, 3.63) is 47.0 Å². The van der Waals surface area contributed by atoms with Gasteiger partial charge in [-0.25, -0.2) is 0 Å². The highest BCUT2D eigenvalue weighted by atomic mass is 19.4. The Labute approximate surface area is 157 Å². The first kappa shape index (κ1) is 18.5. The molecular weight excluding hydrogens is 377 g/mol. The van der Waals surface area contributed by atoms with E-state index in [-0.39, 0.29) is 36.0 Å². The average molecular weight is 394 g/mol. The van der Waals surface area contributed by atoms with E-state index in [0.29, 0.717) is 17.8 Å². The minimum atomic E-state index is -4.90. The molecule has 0 fully saturated rings. The molecule has 0 unspecified atom stereocenters. The van der Waals surface area contributed by atoms with Crippen LogP contribution >= 0.6 is 0 Å². The SMILES string of the molecule is C[C@H]1CN(C(=O)c2n[nH]c3ccccc23)Cc2onc([C@@](C)(O)C(F)(F)F)c21. The molecule has 3 heterocycles. The standard InChI is InChI=1S/C18H17F3N4O3/c1-9-7-25(16(26)14-10-5-3-4-6-11(10)22-23-14)8-12-13(9)15(24-28-12)17(2,27)18(19,20)21/h3-6,9,27H,7-8H2,1-2H3,(H,22,23)/t9-,17+/m0/s1. The molecule has 2 aromatic heterocycles. The summed E-state index contributed by atoms with van der Waals surface area (Å²) < 4.78 is 44.8. The van der Waals surface area contributed by atoms with Gasteiger partial charge in [-0.3, -0.25) is 9.89 Å². The van der Waals surface area contributed by atoms with Crippen LogP contribution in [0.15, 0.2) is 28.8 Å². The Bertz CT molecular complexity index is 1050. The van der Waals surface area contributed by atoms with E-state index in [4.69, 9.17) is 4.52 Å². The number of aromatic amines is 1. The molecule has 0 spiro atoms. The molecule has 28 heavy (non-hydrogen) atoms. The first-order valence-corrected chi connectivity index (χ1v) is 8.61. The molecule has 4 rings (SSSR count). The van der Waals surface area contributed by atoms with E-state index in [1.807, 2.05) is 6.07 Å². The van der Waals surface area contributed by atoms with Crippen molar-refractivity contribution in [3.63, 3.8) is 0 Å². The summed E-state index contributed by atoms with van der Waals surface area (Å²) >= 11 is 0. The third kappa shape index (κ3) is 2.67. The molecule has 10 heteroatoms. The lowest BCUT2D eigenvalue weighted by atomic mass is 9.87. The van der Waals surface area contributed by atoms with Crippen LogP contribution in [0, 0.1) is 0 Å². The second kappa shape index (κ2) is 6.06. The van der Waals surface area contributed by atoms with Gasteiger partial charge in [0.25, 0.3) is 5.91 Å². The van der Waals surface area contributed by atoms with Crippen LogP contribution in [0.1, 0.15) is 47.3 Å². The molecule has 1 amide bonds. The van der Waals surface area contributed by atoms with Gasteiger partial charge >= 0.3 is 6.18 Å². The number of hydrogen-bond acceptors (Lipinski definition) is 5. The Morgan fingerprint density at radius 2 is 2.07 bits per heavy atom. The highest BCUT2D eigenvalue weighted by molar-refractivity contribution is 6.04. The topological polar surface area (TPSA) is 95.3 Å². The number of para-hydroxylation sites is 1. The van der Waals surface area contributed by atoms with Crippen molar-refractivity contribution in [1.29, 1.82) is 0 Å². The van der Waals surface area contributed by atoms with Crippen LogP contribution in [0.5, 0.6) is 0 Å². The van der Waals surface area contributed by atoms with Gasteiger partial charge in [-0.15, -0.1) is 0 Å². The van der Waals surface area contributed by atoms with Crippen molar-refractivity contribution >= 4 is 16.8 Å². The molecule has 3 aromatic rings. The molecule has 1 aliphatic heterocycles. The molecule has 148 valence electrons. The number of amides is 1. The zero-order valence-electron chi connectivity index (χ0n) is 15.0. The summed E-state index contributed by atoms with van der Waals surface area (Å²) in [6.45, 7) is 2.40. The minimum Gasteiger partial charge on any atom is -0.375 e. The molecule has 0 bridgehead atoms. The van der Waals surface area contributed by atoms with Gasteiger partial charge in [-0.05, 0) is 13.0 Å². The molecule has 0 saturated heterocycles. The Balaban J connectivity index is 1.67. The van der Waals surface area contributed by atoms with Gasteiger partial charge in [0.15, 0.2) is 11.5 Å². The van der Waals surface area contributed by atoms with E-state index in [2.05, 4.69) is 15.4 Å². The summed E-state index contributed by atoms with van der Waals surface area (Å²) in [4.78, 5) is 14.4. The number of aliphatic hydroxyl groups is 1. The van der Waals surface area contributed by atoms with E-state index >= 15 is 0 Å².